The number of phenolic OH excluding ortho intramolecular Hbond substituents is 1. The first-order chi connectivity index (χ1) is 22.0. The molecular formula is C32H29Br2Cl2N3O7. The fourth-order valence-electron chi connectivity index (χ4n) is 7.93. The van der Waals surface area contributed by atoms with Crippen LogP contribution in [0.25, 0.3) is 0 Å². The van der Waals surface area contributed by atoms with Crippen molar-refractivity contribution < 1.29 is 33.8 Å². The van der Waals surface area contributed by atoms with E-state index in [0.717, 1.165) is 23.7 Å². The van der Waals surface area contributed by atoms with Gasteiger partial charge in [-0.05, 0) is 76.7 Å². The Kier molecular flexibility index (Phi) is 7.99. The van der Waals surface area contributed by atoms with Crippen LogP contribution in [0.2, 0.25) is 0 Å². The summed E-state index contributed by atoms with van der Waals surface area (Å²) in [5.74, 6) is -5.24. The van der Waals surface area contributed by atoms with Gasteiger partial charge in [0.1, 0.15) is 0 Å². The van der Waals surface area contributed by atoms with E-state index >= 15 is 0 Å². The largest absolute Gasteiger partial charge is 0.503 e. The molecule has 7 rings (SSSR count). The molecule has 4 fully saturated rings. The van der Waals surface area contributed by atoms with Crippen molar-refractivity contribution >= 4 is 90.1 Å². The summed E-state index contributed by atoms with van der Waals surface area (Å²) in [6.07, 6.45) is 1.99. The monoisotopic (exact) mass is 795 g/mol. The Hall–Kier alpha value is -2.64. The highest BCUT2D eigenvalue weighted by atomic mass is 79.9. The maximum absolute atomic E-state index is 14.3. The first kappa shape index (κ1) is 31.9. The maximum Gasteiger partial charge on any atom is 0.254 e. The Morgan fingerprint density at radius 1 is 1.00 bits per heavy atom. The van der Waals surface area contributed by atoms with Crippen LogP contribution in [0.1, 0.15) is 24.3 Å². The van der Waals surface area contributed by atoms with Gasteiger partial charge in [0.15, 0.2) is 21.2 Å². The number of fused-ring (bicyclic) bond motifs is 4. The molecule has 1 N–H and O–H groups in total. The van der Waals surface area contributed by atoms with E-state index in [4.69, 9.17) is 32.7 Å². The van der Waals surface area contributed by atoms with Crippen LogP contribution in [-0.2, 0) is 23.9 Å². The van der Waals surface area contributed by atoms with E-state index in [9.17, 15) is 24.3 Å². The molecule has 46 heavy (non-hydrogen) atoms. The topological polar surface area (TPSA) is 117 Å². The van der Waals surface area contributed by atoms with Crippen molar-refractivity contribution in [2.24, 2.45) is 17.8 Å². The number of carbonyl (C=O) groups is 4. The highest BCUT2D eigenvalue weighted by molar-refractivity contribution is 9.10. The van der Waals surface area contributed by atoms with Gasteiger partial charge in [-0.3, -0.25) is 29.0 Å². The summed E-state index contributed by atoms with van der Waals surface area (Å²) in [4.78, 5) is 56.6. The van der Waals surface area contributed by atoms with Crippen LogP contribution in [0.4, 0.5) is 11.4 Å². The number of carbonyl (C=O) groups excluding carboxylic acids is 4. The van der Waals surface area contributed by atoms with Crippen molar-refractivity contribution in [3.05, 3.63) is 58.1 Å². The smallest absolute Gasteiger partial charge is 0.254 e. The van der Waals surface area contributed by atoms with Crippen molar-refractivity contribution in [1.29, 1.82) is 0 Å². The maximum atomic E-state index is 14.3. The number of amides is 4. The third kappa shape index (κ3) is 4.36. The molecule has 5 aliphatic rings. The number of ether oxygens (including phenoxy) is 2. The lowest BCUT2D eigenvalue weighted by Gasteiger charge is -2.50. The second-order valence-electron chi connectivity index (χ2n) is 12.2. The average molecular weight is 798 g/mol. The predicted molar refractivity (Wildman–Crippen MR) is 178 cm³/mol. The molecule has 10 nitrogen and oxygen atoms in total. The van der Waals surface area contributed by atoms with E-state index < -0.39 is 45.2 Å². The van der Waals surface area contributed by atoms with Gasteiger partial charge >= 0.3 is 0 Å². The number of benzene rings is 2. The van der Waals surface area contributed by atoms with Gasteiger partial charge in [0.25, 0.3) is 11.8 Å². The van der Waals surface area contributed by atoms with Gasteiger partial charge < -0.3 is 19.5 Å². The van der Waals surface area contributed by atoms with Gasteiger partial charge in [-0.2, -0.15) is 0 Å². The molecule has 0 bridgehead atoms. The normalized spacial score (nSPS) is 32.4. The van der Waals surface area contributed by atoms with E-state index in [0.29, 0.717) is 30.0 Å². The Morgan fingerprint density at radius 3 is 2.33 bits per heavy atom. The van der Waals surface area contributed by atoms with Crippen LogP contribution >= 0.6 is 55.1 Å². The van der Waals surface area contributed by atoms with Crippen LogP contribution in [0, 0.1) is 17.8 Å². The zero-order chi connectivity index (χ0) is 32.7. The number of allylic oxidation sites excluding steroid dienone is 2. The van der Waals surface area contributed by atoms with Gasteiger partial charge in [-0.25, -0.2) is 0 Å². The summed E-state index contributed by atoms with van der Waals surface area (Å²) in [5, 5.41) is 10.6. The lowest BCUT2D eigenvalue weighted by atomic mass is 9.56. The Bertz CT molecular complexity index is 1700. The van der Waals surface area contributed by atoms with Crippen LogP contribution in [0.5, 0.6) is 11.5 Å². The Balaban J connectivity index is 1.31. The molecule has 0 aromatic heterocycles. The number of methoxy groups -OCH3 is 1. The third-order valence-electron chi connectivity index (χ3n) is 10.1. The molecule has 3 saturated heterocycles. The standard InChI is InChI=1S/C32H29Br2Cl2N3O7/c1-45-23-13-16(12-22(34)26(23)40)25-19-6-7-20-24(21(19)14-31(35)29(43)38(15-33)30(44)32(25,31)36)28(42)39(27(20)41)18-4-2-17(3-5-18)37-8-10-46-11-9-37/h2-6,12-13,20-21,24-25,40H,7-11,14-15H2,1H3/t20-,21+,24-,25-,31+,32-/m0/s1. The molecule has 3 heterocycles. The number of aromatic hydroxyl groups is 1. The highest BCUT2D eigenvalue weighted by Crippen LogP contribution is 2.66. The van der Waals surface area contributed by atoms with Gasteiger partial charge in [-0.15, -0.1) is 23.2 Å². The fraction of sp³-hybridized carbons (Fsp3) is 0.438. The van der Waals surface area contributed by atoms with Crippen molar-refractivity contribution in [1.82, 2.24) is 4.90 Å². The summed E-state index contributed by atoms with van der Waals surface area (Å²) >= 11 is 21.2. The fourth-order valence-corrected chi connectivity index (χ4v) is 9.82. The van der Waals surface area contributed by atoms with Crippen LogP contribution < -0.4 is 14.5 Å². The molecule has 6 atom stereocenters. The van der Waals surface area contributed by atoms with Crippen LogP contribution in [0.3, 0.4) is 0 Å². The number of hydrogen-bond acceptors (Lipinski definition) is 8. The van der Waals surface area contributed by atoms with Gasteiger partial charge in [0.05, 0.1) is 47.8 Å². The molecule has 0 unspecified atom stereocenters. The van der Waals surface area contributed by atoms with E-state index in [1.807, 2.05) is 18.2 Å². The summed E-state index contributed by atoms with van der Waals surface area (Å²) in [6.45, 7) is 2.77. The molecule has 0 spiro atoms. The predicted octanol–water partition coefficient (Wildman–Crippen LogP) is 4.92. The number of imide groups is 2. The van der Waals surface area contributed by atoms with Gasteiger partial charge in [-0.1, -0.05) is 27.6 Å². The molecular weight excluding hydrogens is 769 g/mol. The Labute approximate surface area is 291 Å². The van der Waals surface area contributed by atoms with Crippen LogP contribution in [0.15, 0.2) is 52.5 Å². The number of morpholine rings is 1. The second kappa shape index (κ2) is 11.5. The number of phenols is 1. The van der Waals surface area contributed by atoms with E-state index in [2.05, 4.69) is 36.8 Å². The minimum Gasteiger partial charge on any atom is -0.503 e. The lowest BCUT2D eigenvalue weighted by molar-refractivity contribution is -0.138. The summed E-state index contributed by atoms with van der Waals surface area (Å²) < 4.78 is 11.1. The SMILES string of the molecule is COc1cc([C@H]2C3=CC[C@@H]4C(=O)N(c5ccc(N6CCOCC6)cc5)C(=O)[C@@H]4[C@@H]3C[C@@]3(Cl)C(=O)N(CBr)C(=O)[C@@]23Cl)cc(Br)c1O. The second-order valence-corrected chi connectivity index (χ2v) is 14.8. The summed E-state index contributed by atoms with van der Waals surface area (Å²) in [6, 6.07) is 10.5. The zero-order valence-corrected chi connectivity index (χ0v) is 29.2. The first-order valence-corrected chi connectivity index (χ1v) is 17.5. The molecule has 242 valence electrons. The molecule has 3 aliphatic heterocycles. The molecule has 0 radical (unpaired) electrons. The van der Waals surface area contributed by atoms with Crippen LogP contribution in [-0.4, -0.2) is 82.3 Å². The summed E-state index contributed by atoms with van der Waals surface area (Å²) in [5.41, 5.74) is 2.43. The number of nitrogens with zero attached hydrogens (tertiary/aromatic N) is 3. The number of rotatable bonds is 5. The average Bonchev–Trinajstić information content (AvgIpc) is 3.40. The minimum absolute atomic E-state index is 0.116. The van der Waals surface area contributed by atoms with Gasteiger partial charge in [0, 0.05) is 24.7 Å². The van der Waals surface area contributed by atoms with E-state index in [1.165, 1.54) is 12.0 Å². The zero-order valence-electron chi connectivity index (χ0n) is 24.6. The van der Waals surface area contributed by atoms with Gasteiger partial charge in [0.2, 0.25) is 11.8 Å². The third-order valence-corrected chi connectivity index (χ3v) is 12.6. The number of likely N-dealkylation sites (tertiary alicyclic amines) is 1. The molecule has 2 aromatic carbocycles. The summed E-state index contributed by atoms with van der Waals surface area (Å²) in [7, 11) is 1.39. The first-order valence-electron chi connectivity index (χ1n) is 14.8. The minimum atomic E-state index is -1.96. The highest BCUT2D eigenvalue weighted by Gasteiger charge is 2.76. The van der Waals surface area contributed by atoms with Crippen molar-refractivity contribution in [3.63, 3.8) is 0 Å². The van der Waals surface area contributed by atoms with E-state index in [-0.39, 0.29) is 46.1 Å². The molecule has 2 aromatic rings. The molecule has 4 amide bonds. The van der Waals surface area contributed by atoms with Crippen molar-refractivity contribution in [2.45, 2.75) is 28.5 Å². The van der Waals surface area contributed by atoms with E-state index in [1.54, 1.807) is 24.3 Å². The quantitative estimate of drug-likeness (QED) is 0.197. The van der Waals surface area contributed by atoms with Crippen molar-refractivity contribution in [2.75, 3.05) is 48.7 Å². The lowest BCUT2D eigenvalue weighted by Crippen LogP contribution is -2.60. The molecule has 14 heteroatoms. The number of hydrogen-bond donors (Lipinski definition) is 1. The number of alkyl halides is 3. The number of anilines is 2. The van der Waals surface area contributed by atoms with Crippen molar-refractivity contribution in [3.8, 4) is 11.5 Å². The molecule has 2 aliphatic carbocycles. The molecule has 1 saturated carbocycles. The number of halogens is 4. The Morgan fingerprint density at radius 2 is 1.67 bits per heavy atom.